The van der Waals surface area contributed by atoms with E-state index in [9.17, 15) is 0 Å². The van der Waals surface area contributed by atoms with Gasteiger partial charge in [-0.05, 0) is 19.8 Å². The molecule has 1 fully saturated rings. The molecule has 19 heavy (non-hydrogen) atoms. The fourth-order valence-corrected chi connectivity index (χ4v) is 2.74. The summed E-state index contributed by atoms with van der Waals surface area (Å²) in [6.07, 6.45) is 8.05. The van der Waals surface area contributed by atoms with Gasteiger partial charge in [-0.3, -0.25) is 0 Å². The molecule has 0 amide bonds. The highest BCUT2D eigenvalue weighted by Gasteiger charge is 2.23. The summed E-state index contributed by atoms with van der Waals surface area (Å²) in [4.78, 5) is 10.9. The second-order valence-electron chi connectivity index (χ2n) is 5.01. The molecule has 0 spiro atoms. The lowest BCUT2D eigenvalue weighted by Gasteiger charge is -2.32. The SMILES string of the molecule is CCNc1ncnc(N(C)C2CCCCC2)c1OC. The number of aromatic nitrogens is 2. The van der Waals surface area contributed by atoms with Crippen LogP contribution in [0.15, 0.2) is 6.33 Å². The Hall–Kier alpha value is -1.52. The lowest BCUT2D eigenvalue weighted by molar-refractivity contribution is 0.398. The van der Waals surface area contributed by atoms with Crippen molar-refractivity contribution in [3.8, 4) is 5.75 Å². The normalized spacial score (nSPS) is 16.2. The van der Waals surface area contributed by atoms with Crippen LogP contribution >= 0.6 is 0 Å². The van der Waals surface area contributed by atoms with Crippen LogP contribution in [0.1, 0.15) is 39.0 Å². The van der Waals surface area contributed by atoms with Gasteiger partial charge in [-0.1, -0.05) is 19.3 Å². The average Bonchev–Trinajstić information content (AvgIpc) is 2.47. The summed E-state index contributed by atoms with van der Waals surface area (Å²) in [5, 5.41) is 3.22. The van der Waals surface area contributed by atoms with Crippen molar-refractivity contribution in [1.29, 1.82) is 0 Å². The van der Waals surface area contributed by atoms with Crippen molar-refractivity contribution in [2.24, 2.45) is 0 Å². The third-order valence-electron chi connectivity index (χ3n) is 3.79. The summed E-state index contributed by atoms with van der Waals surface area (Å²) >= 11 is 0. The number of rotatable bonds is 5. The average molecular weight is 264 g/mol. The molecule has 1 N–H and O–H groups in total. The highest BCUT2D eigenvalue weighted by atomic mass is 16.5. The van der Waals surface area contributed by atoms with Gasteiger partial charge in [0.2, 0.25) is 5.75 Å². The van der Waals surface area contributed by atoms with E-state index in [1.807, 2.05) is 6.92 Å². The Balaban J connectivity index is 2.24. The molecule has 1 heterocycles. The van der Waals surface area contributed by atoms with E-state index in [0.29, 0.717) is 6.04 Å². The van der Waals surface area contributed by atoms with Crippen LogP contribution in [0.5, 0.6) is 5.75 Å². The molecule has 0 bridgehead atoms. The van der Waals surface area contributed by atoms with Crippen LogP contribution in [-0.2, 0) is 0 Å². The molecule has 0 unspecified atom stereocenters. The van der Waals surface area contributed by atoms with E-state index >= 15 is 0 Å². The van der Waals surface area contributed by atoms with Gasteiger partial charge in [0.05, 0.1) is 7.11 Å². The smallest absolute Gasteiger partial charge is 0.204 e. The number of nitrogens with zero attached hydrogens (tertiary/aromatic N) is 3. The van der Waals surface area contributed by atoms with E-state index in [0.717, 1.165) is 23.9 Å². The molecule has 5 heteroatoms. The van der Waals surface area contributed by atoms with E-state index in [1.54, 1.807) is 13.4 Å². The Kier molecular flexibility index (Phi) is 4.82. The number of nitrogens with one attached hydrogen (secondary N) is 1. The second kappa shape index (κ2) is 6.59. The number of anilines is 2. The molecule has 0 aromatic carbocycles. The van der Waals surface area contributed by atoms with Gasteiger partial charge in [0.25, 0.3) is 0 Å². The van der Waals surface area contributed by atoms with E-state index < -0.39 is 0 Å². The zero-order valence-corrected chi connectivity index (χ0v) is 12.1. The van der Waals surface area contributed by atoms with Crippen LogP contribution in [0, 0.1) is 0 Å². The number of ether oxygens (including phenoxy) is 1. The molecule has 1 aromatic rings. The van der Waals surface area contributed by atoms with E-state index in [2.05, 4.69) is 27.2 Å². The Morgan fingerprint density at radius 2 is 2.05 bits per heavy atom. The highest BCUT2D eigenvalue weighted by Crippen LogP contribution is 2.34. The number of hydrogen-bond acceptors (Lipinski definition) is 5. The standard InChI is InChI=1S/C14H24N4O/c1-4-15-13-12(19-3)14(17-10-16-13)18(2)11-8-6-5-7-9-11/h10-11H,4-9H2,1-3H3,(H,15,16,17). The fraction of sp³-hybridized carbons (Fsp3) is 0.714. The zero-order chi connectivity index (χ0) is 13.7. The molecule has 5 nitrogen and oxygen atoms in total. The molecule has 0 aliphatic heterocycles. The van der Waals surface area contributed by atoms with E-state index in [4.69, 9.17) is 4.74 Å². The molecule has 1 aliphatic rings. The Labute approximate surface area is 115 Å². The first-order chi connectivity index (χ1) is 9.27. The maximum Gasteiger partial charge on any atom is 0.204 e. The quantitative estimate of drug-likeness (QED) is 0.886. The molecule has 0 radical (unpaired) electrons. The molecule has 1 saturated carbocycles. The van der Waals surface area contributed by atoms with Crippen molar-refractivity contribution in [2.45, 2.75) is 45.1 Å². The van der Waals surface area contributed by atoms with Gasteiger partial charge in [0, 0.05) is 19.6 Å². The maximum absolute atomic E-state index is 5.51. The maximum atomic E-state index is 5.51. The second-order valence-corrected chi connectivity index (χ2v) is 5.01. The first-order valence-electron chi connectivity index (χ1n) is 7.13. The van der Waals surface area contributed by atoms with Crippen LogP contribution in [0.25, 0.3) is 0 Å². The van der Waals surface area contributed by atoms with Crippen molar-refractivity contribution in [3.05, 3.63) is 6.33 Å². The zero-order valence-electron chi connectivity index (χ0n) is 12.1. The largest absolute Gasteiger partial charge is 0.490 e. The van der Waals surface area contributed by atoms with Crippen LogP contribution in [0.2, 0.25) is 0 Å². The van der Waals surface area contributed by atoms with Gasteiger partial charge in [0.15, 0.2) is 11.6 Å². The first-order valence-corrected chi connectivity index (χ1v) is 7.13. The van der Waals surface area contributed by atoms with Crippen molar-refractivity contribution >= 4 is 11.6 Å². The van der Waals surface area contributed by atoms with Crippen molar-refractivity contribution in [1.82, 2.24) is 9.97 Å². The minimum Gasteiger partial charge on any atom is -0.490 e. The van der Waals surface area contributed by atoms with Gasteiger partial charge in [-0.25, -0.2) is 9.97 Å². The third-order valence-corrected chi connectivity index (χ3v) is 3.79. The molecule has 2 rings (SSSR count). The summed E-state index contributed by atoms with van der Waals surface area (Å²) < 4.78 is 5.51. The number of hydrogen-bond donors (Lipinski definition) is 1. The van der Waals surface area contributed by atoms with E-state index in [-0.39, 0.29) is 0 Å². The lowest BCUT2D eigenvalue weighted by atomic mass is 9.94. The van der Waals surface area contributed by atoms with Crippen LogP contribution < -0.4 is 15.0 Å². The summed E-state index contributed by atoms with van der Waals surface area (Å²) in [5.74, 6) is 2.41. The lowest BCUT2D eigenvalue weighted by Crippen LogP contribution is -2.34. The summed E-state index contributed by atoms with van der Waals surface area (Å²) in [7, 11) is 3.79. The molecule has 0 saturated heterocycles. The van der Waals surface area contributed by atoms with Crippen molar-refractivity contribution in [2.75, 3.05) is 30.9 Å². The predicted octanol–water partition coefficient (Wildman–Crippen LogP) is 2.69. The summed E-state index contributed by atoms with van der Waals surface area (Å²) in [6.45, 7) is 2.87. The molecule has 106 valence electrons. The van der Waals surface area contributed by atoms with Gasteiger partial charge in [-0.15, -0.1) is 0 Å². The predicted molar refractivity (Wildman–Crippen MR) is 78.0 cm³/mol. The molecule has 1 aromatic heterocycles. The van der Waals surface area contributed by atoms with Crippen LogP contribution in [0.3, 0.4) is 0 Å². The molecular weight excluding hydrogens is 240 g/mol. The molecule has 1 aliphatic carbocycles. The van der Waals surface area contributed by atoms with Crippen LogP contribution in [0.4, 0.5) is 11.6 Å². The monoisotopic (exact) mass is 264 g/mol. The summed E-state index contributed by atoms with van der Waals surface area (Å²) in [5.41, 5.74) is 0. The van der Waals surface area contributed by atoms with Gasteiger partial charge < -0.3 is 15.0 Å². The van der Waals surface area contributed by atoms with E-state index in [1.165, 1.54) is 32.1 Å². The first kappa shape index (κ1) is 13.9. The van der Waals surface area contributed by atoms with Crippen LogP contribution in [-0.4, -0.2) is 36.7 Å². The minimum atomic E-state index is 0.562. The minimum absolute atomic E-state index is 0.562. The topological polar surface area (TPSA) is 50.3 Å². The number of methoxy groups -OCH3 is 1. The highest BCUT2D eigenvalue weighted by molar-refractivity contribution is 5.64. The fourth-order valence-electron chi connectivity index (χ4n) is 2.74. The van der Waals surface area contributed by atoms with Gasteiger partial charge >= 0.3 is 0 Å². The van der Waals surface area contributed by atoms with Gasteiger partial charge in [-0.2, -0.15) is 0 Å². The molecule has 0 atom stereocenters. The Morgan fingerprint density at radius 3 is 2.68 bits per heavy atom. The van der Waals surface area contributed by atoms with Gasteiger partial charge in [0.1, 0.15) is 6.33 Å². The Bertz CT molecular complexity index is 404. The van der Waals surface area contributed by atoms with Crippen molar-refractivity contribution < 1.29 is 4.74 Å². The molecular formula is C14H24N4O. The Morgan fingerprint density at radius 1 is 1.32 bits per heavy atom. The summed E-state index contributed by atoms with van der Waals surface area (Å²) in [6, 6.07) is 0.562. The third kappa shape index (κ3) is 3.08. The van der Waals surface area contributed by atoms with Crippen molar-refractivity contribution in [3.63, 3.8) is 0 Å².